The van der Waals surface area contributed by atoms with Gasteiger partial charge in [-0.1, -0.05) is 0 Å². The van der Waals surface area contributed by atoms with Gasteiger partial charge in [0.1, 0.15) is 5.56 Å². The number of hydrogen-bond acceptors (Lipinski definition) is 5. The molecule has 1 unspecified atom stereocenters. The Labute approximate surface area is 109 Å². The van der Waals surface area contributed by atoms with E-state index in [0.717, 1.165) is 19.4 Å². The molecule has 19 heavy (non-hydrogen) atoms. The largest absolute Gasteiger partial charge is 0.477 e. The van der Waals surface area contributed by atoms with E-state index >= 15 is 0 Å². The predicted octanol–water partition coefficient (Wildman–Crippen LogP) is 1.88. The summed E-state index contributed by atoms with van der Waals surface area (Å²) in [7, 11) is 0. The number of nitro benzene ring substituents is 1. The Hall–Kier alpha value is -2.15. The zero-order valence-electron chi connectivity index (χ0n) is 10.2. The van der Waals surface area contributed by atoms with Crippen molar-refractivity contribution in [2.75, 3.05) is 18.5 Å². The first-order chi connectivity index (χ1) is 9.08. The maximum absolute atomic E-state index is 10.9. The number of hydrogen-bond donors (Lipinski definition) is 2. The van der Waals surface area contributed by atoms with E-state index in [-0.39, 0.29) is 11.6 Å². The second-order valence-corrected chi connectivity index (χ2v) is 4.35. The fourth-order valence-electron chi connectivity index (χ4n) is 2.04. The number of carbonyl (C=O) groups is 1. The minimum atomic E-state index is -1.31. The summed E-state index contributed by atoms with van der Waals surface area (Å²) in [6.45, 7) is 1.28. The molecule has 7 nitrogen and oxygen atoms in total. The molecule has 102 valence electrons. The van der Waals surface area contributed by atoms with Gasteiger partial charge in [0.25, 0.3) is 5.69 Å². The topological polar surface area (TPSA) is 102 Å². The fourth-order valence-corrected chi connectivity index (χ4v) is 2.04. The third kappa shape index (κ3) is 3.19. The monoisotopic (exact) mass is 266 g/mol. The van der Waals surface area contributed by atoms with Crippen molar-refractivity contribution in [1.82, 2.24) is 0 Å². The summed E-state index contributed by atoms with van der Waals surface area (Å²) >= 11 is 0. The lowest BCUT2D eigenvalue weighted by molar-refractivity contribution is -0.385. The molecule has 1 aromatic carbocycles. The highest BCUT2D eigenvalue weighted by molar-refractivity contribution is 5.93. The van der Waals surface area contributed by atoms with Crippen LogP contribution in [-0.2, 0) is 4.74 Å². The number of nitro groups is 1. The van der Waals surface area contributed by atoms with Crippen LogP contribution in [0.2, 0.25) is 0 Å². The van der Waals surface area contributed by atoms with Crippen molar-refractivity contribution < 1.29 is 19.6 Å². The number of benzene rings is 1. The number of ether oxygens (including phenoxy) is 1. The van der Waals surface area contributed by atoms with Crippen molar-refractivity contribution in [1.29, 1.82) is 0 Å². The van der Waals surface area contributed by atoms with Gasteiger partial charge in [0, 0.05) is 24.4 Å². The molecule has 1 aliphatic heterocycles. The molecule has 2 rings (SSSR count). The second-order valence-electron chi connectivity index (χ2n) is 4.35. The Balaban J connectivity index is 2.20. The van der Waals surface area contributed by atoms with E-state index in [0.29, 0.717) is 12.3 Å². The molecule has 1 heterocycles. The highest BCUT2D eigenvalue weighted by atomic mass is 16.6. The van der Waals surface area contributed by atoms with Gasteiger partial charge in [-0.2, -0.15) is 0 Å². The van der Waals surface area contributed by atoms with E-state index in [9.17, 15) is 14.9 Å². The van der Waals surface area contributed by atoms with Crippen LogP contribution in [0.15, 0.2) is 18.2 Å². The van der Waals surface area contributed by atoms with Gasteiger partial charge in [0.05, 0.1) is 11.5 Å². The number of anilines is 1. The maximum atomic E-state index is 10.9. The summed E-state index contributed by atoms with van der Waals surface area (Å²) < 4.78 is 5.30. The Morgan fingerprint density at radius 1 is 1.53 bits per heavy atom. The van der Waals surface area contributed by atoms with Gasteiger partial charge in [0.15, 0.2) is 0 Å². The van der Waals surface area contributed by atoms with Crippen molar-refractivity contribution in [3.05, 3.63) is 33.9 Å². The molecule has 0 aromatic heterocycles. The maximum Gasteiger partial charge on any atom is 0.342 e. The van der Waals surface area contributed by atoms with E-state index in [1.807, 2.05) is 0 Å². The number of rotatable bonds is 4. The van der Waals surface area contributed by atoms with Crippen molar-refractivity contribution in [3.63, 3.8) is 0 Å². The normalized spacial score (nSPS) is 18.8. The van der Waals surface area contributed by atoms with Gasteiger partial charge < -0.3 is 15.2 Å². The highest BCUT2D eigenvalue weighted by Gasteiger charge is 2.21. The van der Waals surface area contributed by atoms with Gasteiger partial charge in [-0.3, -0.25) is 10.1 Å². The van der Waals surface area contributed by atoms with E-state index in [1.54, 1.807) is 0 Å². The van der Waals surface area contributed by atoms with Gasteiger partial charge >= 0.3 is 5.97 Å². The highest BCUT2D eigenvalue weighted by Crippen LogP contribution is 2.24. The summed E-state index contributed by atoms with van der Waals surface area (Å²) in [5, 5.41) is 22.9. The van der Waals surface area contributed by atoms with Crippen LogP contribution in [0.1, 0.15) is 23.2 Å². The van der Waals surface area contributed by atoms with Gasteiger partial charge in [-0.05, 0) is 25.0 Å². The van der Waals surface area contributed by atoms with Crippen molar-refractivity contribution in [2.24, 2.45) is 0 Å². The van der Waals surface area contributed by atoms with Crippen LogP contribution in [0, 0.1) is 10.1 Å². The SMILES string of the molecule is O=C(O)c1ccc(NC2CCCOC2)cc1[N+](=O)[O-]. The van der Waals surface area contributed by atoms with E-state index in [2.05, 4.69) is 5.32 Å². The molecule has 1 atom stereocenters. The average molecular weight is 266 g/mol. The molecule has 0 bridgehead atoms. The minimum Gasteiger partial charge on any atom is -0.477 e. The smallest absolute Gasteiger partial charge is 0.342 e. The number of carboxylic acids is 1. The summed E-state index contributed by atoms with van der Waals surface area (Å²) in [5.74, 6) is -1.31. The molecule has 1 aromatic rings. The van der Waals surface area contributed by atoms with Crippen molar-refractivity contribution in [3.8, 4) is 0 Å². The molecular formula is C12H14N2O5. The first-order valence-corrected chi connectivity index (χ1v) is 5.94. The third-order valence-electron chi connectivity index (χ3n) is 2.96. The molecule has 2 N–H and O–H groups in total. The standard InChI is InChI=1S/C12H14N2O5/c15-12(16)10-4-3-8(6-11(10)14(17)18)13-9-2-1-5-19-7-9/h3-4,6,9,13H,1-2,5,7H2,(H,15,16). The molecule has 0 aliphatic carbocycles. The Kier molecular flexibility index (Phi) is 3.96. The van der Waals surface area contributed by atoms with Crippen LogP contribution in [0.4, 0.5) is 11.4 Å². The summed E-state index contributed by atoms with van der Waals surface area (Å²) in [4.78, 5) is 21.1. The molecule has 1 saturated heterocycles. The van der Waals surface area contributed by atoms with Gasteiger partial charge in [-0.15, -0.1) is 0 Å². The molecule has 1 aliphatic rings. The lowest BCUT2D eigenvalue weighted by Gasteiger charge is -2.24. The van der Waals surface area contributed by atoms with Crippen LogP contribution in [-0.4, -0.2) is 35.3 Å². The molecular weight excluding hydrogens is 252 g/mol. The zero-order chi connectivity index (χ0) is 13.8. The van der Waals surface area contributed by atoms with Crippen LogP contribution in [0.5, 0.6) is 0 Å². The van der Waals surface area contributed by atoms with E-state index in [4.69, 9.17) is 9.84 Å². The van der Waals surface area contributed by atoms with Crippen LogP contribution >= 0.6 is 0 Å². The summed E-state index contributed by atoms with van der Waals surface area (Å²) in [6, 6.07) is 4.12. The quantitative estimate of drug-likeness (QED) is 0.637. The third-order valence-corrected chi connectivity index (χ3v) is 2.96. The average Bonchev–Trinajstić information content (AvgIpc) is 2.39. The molecule has 0 amide bonds. The molecule has 0 saturated carbocycles. The number of carboxylic acid groups (broad SMARTS) is 1. The number of aromatic carboxylic acids is 1. The lowest BCUT2D eigenvalue weighted by Crippen LogP contribution is -2.29. The van der Waals surface area contributed by atoms with Crippen LogP contribution in [0.25, 0.3) is 0 Å². The van der Waals surface area contributed by atoms with Crippen LogP contribution in [0.3, 0.4) is 0 Å². The summed E-state index contributed by atoms with van der Waals surface area (Å²) in [5.41, 5.74) is -0.183. The fraction of sp³-hybridized carbons (Fsp3) is 0.417. The minimum absolute atomic E-state index is 0.101. The van der Waals surface area contributed by atoms with Crippen molar-refractivity contribution >= 4 is 17.3 Å². The first-order valence-electron chi connectivity index (χ1n) is 5.94. The molecule has 7 heteroatoms. The zero-order valence-corrected chi connectivity index (χ0v) is 10.2. The van der Waals surface area contributed by atoms with Crippen LogP contribution < -0.4 is 5.32 Å². The Morgan fingerprint density at radius 2 is 2.32 bits per heavy atom. The summed E-state index contributed by atoms with van der Waals surface area (Å²) in [6.07, 6.45) is 1.86. The van der Waals surface area contributed by atoms with E-state index < -0.39 is 16.6 Å². The van der Waals surface area contributed by atoms with E-state index in [1.165, 1.54) is 18.2 Å². The molecule has 0 radical (unpaired) electrons. The first kappa shape index (κ1) is 13.3. The van der Waals surface area contributed by atoms with Gasteiger partial charge in [0.2, 0.25) is 0 Å². The Bertz CT molecular complexity index is 497. The lowest BCUT2D eigenvalue weighted by atomic mass is 10.1. The Morgan fingerprint density at radius 3 is 2.89 bits per heavy atom. The molecule has 0 spiro atoms. The second kappa shape index (κ2) is 5.66. The predicted molar refractivity (Wildman–Crippen MR) is 67.5 cm³/mol. The number of nitrogens with one attached hydrogen (secondary N) is 1. The molecule has 1 fully saturated rings. The number of nitrogens with zero attached hydrogens (tertiary/aromatic N) is 1. The van der Waals surface area contributed by atoms with Gasteiger partial charge in [-0.25, -0.2) is 4.79 Å². The van der Waals surface area contributed by atoms with Crippen molar-refractivity contribution in [2.45, 2.75) is 18.9 Å².